The molecule has 1 aliphatic heterocycles. The van der Waals surface area contributed by atoms with Crippen LogP contribution in [0.1, 0.15) is 32.1 Å². The van der Waals surface area contributed by atoms with E-state index in [9.17, 15) is 9.59 Å². The fourth-order valence-corrected chi connectivity index (χ4v) is 1.85. The first-order chi connectivity index (χ1) is 7.75. The van der Waals surface area contributed by atoms with Crippen molar-refractivity contribution in [3.63, 3.8) is 0 Å². The second kappa shape index (κ2) is 5.30. The molecular weight excluding hydrogens is 206 g/mol. The van der Waals surface area contributed by atoms with Crippen molar-refractivity contribution in [2.24, 2.45) is 0 Å². The molecule has 2 aliphatic rings. The highest BCUT2D eigenvalue weighted by Gasteiger charge is 2.24. The minimum atomic E-state index is -0.109. The van der Waals surface area contributed by atoms with Gasteiger partial charge in [0.15, 0.2) is 0 Å². The summed E-state index contributed by atoms with van der Waals surface area (Å²) in [6.45, 7) is 1.36. The van der Waals surface area contributed by atoms with Crippen LogP contribution in [0.15, 0.2) is 0 Å². The lowest BCUT2D eigenvalue weighted by atomic mass is 10.1. The van der Waals surface area contributed by atoms with Crippen molar-refractivity contribution in [3.05, 3.63) is 0 Å². The summed E-state index contributed by atoms with van der Waals surface area (Å²) < 4.78 is 0. The van der Waals surface area contributed by atoms with Gasteiger partial charge in [-0.15, -0.1) is 0 Å². The molecule has 2 amide bonds. The second-order valence-corrected chi connectivity index (χ2v) is 4.53. The first-order valence-electron chi connectivity index (χ1n) is 6.06. The number of hydrogen-bond donors (Lipinski definition) is 3. The Balaban J connectivity index is 1.58. The minimum absolute atomic E-state index is 0.0638. The Morgan fingerprint density at radius 1 is 1.38 bits per heavy atom. The molecule has 5 heteroatoms. The van der Waals surface area contributed by atoms with Crippen LogP contribution in [0, 0.1) is 0 Å². The largest absolute Gasteiger partial charge is 0.355 e. The van der Waals surface area contributed by atoms with Crippen LogP contribution in [0.25, 0.3) is 0 Å². The molecule has 0 radical (unpaired) electrons. The van der Waals surface area contributed by atoms with E-state index in [0.717, 1.165) is 32.2 Å². The Bertz CT molecular complexity index is 276. The maximum atomic E-state index is 11.4. The summed E-state index contributed by atoms with van der Waals surface area (Å²) in [7, 11) is 0. The van der Waals surface area contributed by atoms with E-state index in [1.165, 1.54) is 0 Å². The van der Waals surface area contributed by atoms with Crippen LogP contribution < -0.4 is 16.0 Å². The third-order valence-corrected chi connectivity index (χ3v) is 2.97. The number of carbonyl (C=O) groups excluding carboxylic acids is 2. The van der Waals surface area contributed by atoms with Crippen molar-refractivity contribution in [2.45, 2.75) is 44.2 Å². The van der Waals surface area contributed by atoms with Gasteiger partial charge in [0.05, 0.1) is 6.04 Å². The number of piperidine rings is 1. The molecule has 0 aromatic heterocycles. The summed E-state index contributed by atoms with van der Waals surface area (Å²) in [5, 5.41) is 8.86. The highest BCUT2D eigenvalue weighted by Crippen LogP contribution is 2.18. The molecular formula is C11H19N3O2. The number of carbonyl (C=O) groups is 2. The molecule has 1 saturated heterocycles. The van der Waals surface area contributed by atoms with Crippen LogP contribution in [0.2, 0.25) is 0 Å². The summed E-state index contributed by atoms with van der Waals surface area (Å²) in [5.41, 5.74) is 0. The van der Waals surface area contributed by atoms with Crippen molar-refractivity contribution in [2.75, 3.05) is 13.1 Å². The summed E-state index contributed by atoms with van der Waals surface area (Å²) in [6.07, 6.45) is 4.57. The average Bonchev–Trinajstić information content (AvgIpc) is 3.05. The van der Waals surface area contributed by atoms with E-state index in [1.807, 2.05) is 0 Å². The van der Waals surface area contributed by atoms with E-state index in [0.29, 0.717) is 19.0 Å². The van der Waals surface area contributed by atoms with Gasteiger partial charge in [0, 0.05) is 25.6 Å². The van der Waals surface area contributed by atoms with E-state index in [4.69, 9.17) is 0 Å². The van der Waals surface area contributed by atoms with Crippen molar-refractivity contribution in [3.8, 4) is 0 Å². The molecule has 0 aromatic carbocycles. The van der Waals surface area contributed by atoms with E-state index < -0.39 is 0 Å². The Kier molecular flexibility index (Phi) is 3.77. The minimum Gasteiger partial charge on any atom is -0.355 e. The van der Waals surface area contributed by atoms with Crippen molar-refractivity contribution in [1.29, 1.82) is 0 Å². The normalized spacial score (nSPS) is 25.0. The molecule has 0 aromatic rings. The molecule has 1 heterocycles. The number of rotatable bonds is 5. The van der Waals surface area contributed by atoms with E-state index >= 15 is 0 Å². The molecule has 3 N–H and O–H groups in total. The first kappa shape index (κ1) is 11.4. The van der Waals surface area contributed by atoms with Gasteiger partial charge in [0.25, 0.3) is 0 Å². The lowest BCUT2D eigenvalue weighted by Crippen LogP contribution is -2.48. The molecule has 2 rings (SSSR count). The second-order valence-electron chi connectivity index (χ2n) is 4.53. The van der Waals surface area contributed by atoms with Crippen molar-refractivity contribution >= 4 is 11.8 Å². The topological polar surface area (TPSA) is 70.2 Å². The lowest BCUT2D eigenvalue weighted by molar-refractivity contribution is -0.125. The fourth-order valence-electron chi connectivity index (χ4n) is 1.85. The van der Waals surface area contributed by atoms with Gasteiger partial charge in [-0.3, -0.25) is 9.59 Å². The van der Waals surface area contributed by atoms with Gasteiger partial charge in [0.1, 0.15) is 0 Å². The summed E-state index contributed by atoms with van der Waals surface area (Å²) in [4.78, 5) is 22.7. The third kappa shape index (κ3) is 3.48. The van der Waals surface area contributed by atoms with Crippen molar-refractivity contribution in [1.82, 2.24) is 16.0 Å². The summed E-state index contributed by atoms with van der Waals surface area (Å²) >= 11 is 0. The van der Waals surface area contributed by atoms with Crippen LogP contribution in [-0.4, -0.2) is 37.0 Å². The Morgan fingerprint density at radius 2 is 2.19 bits per heavy atom. The van der Waals surface area contributed by atoms with Gasteiger partial charge in [-0.05, 0) is 25.7 Å². The number of amides is 2. The zero-order valence-electron chi connectivity index (χ0n) is 9.42. The molecule has 0 bridgehead atoms. The maximum Gasteiger partial charge on any atom is 0.237 e. The standard InChI is InChI=1S/C11H19N3O2/c15-10(14-8-3-4-8)5-7-12-9-2-1-6-13-11(9)16/h8-9,12H,1-7H2,(H,13,16)(H,14,15). The predicted octanol–water partition coefficient (Wildman–Crippen LogP) is -0.477. The molecule has 1 atom stereocenters. The van der Waals surface area contributed by atoms with Crippen LogP contribution in [-0.2, 0) is 9.59 Å². The lowest BCUT2D eigenvalue weighted by Gasteiger charge is -2.22. The first-order valence-corrected chi connectivity index (χ1v) is 6.06. The number of hydrogen-bond acceptors (Lipinski definition) is 3. The van der Waals surface area contributed by atoms with E-state index in [1.54, 1.807) is 0 Å². The smallest absolute Gasteiger partial charge is 0.237 e. The molecule has 1 saturated carbocycles. The SMILES string of the molecule is O=C(CCNC1CCCNC1=O)NC1CC1. The highest BCUT2D eigenvalue weighted by molar-refractivity contribution is 5.82. The Morgan fingerprint density at radius 3 is 2.88 bits per heavy atom. The summed E-state index contributed by atoms with van der Waals surface area (Å²) in [6, 6.07) is 0.313. The van der Waals surface area contributed by atoms with Crippen molar-refractivity contribution < 1.29 is 9.59 Å². The van der Waals surface area contributed by atoms with E-state index in [-0.39, 0.29) is 17.9 Å². The Labute approximate surface area is 95.3 Å². The van der Waals surface area contributed by atoms with Gasteiger partial charge in [-0.1, -0.05) is 0 Å². The summed E-state index contributed by atoms with van der Waals surface area (Å²) in [5.74, 6) is 0.153. The predicted molar refractivity (Wildman–Crippen MR) is 59.8 cm³/mol. The molecule has 1 unspecified atom stereocenters. The zero-order chi connectivity index (χ0) is 11.4. The van der Waals surface area contributed by atoms with Crippen LogP contribution in [0.3, 0.4) is 0 Å². The quantitative estimate of drug-likeness (QED) is 0.592. The van der Waals surface area contributed by atoms with Crippen LogP contribution in [0.5, 0.6) is 0 Å². The van der Waals surface area contributed by atoms with Gasteiger partial charge in [-0.25, -0.2) is 0 Å². The molecule has 0 spiro atoms. The van der Waals surface area contributed by atoms with Gasteiger partial charge in [0.2, 0.25) is 11.8 Å². The highest BCUT2D eigenvalue weighted by atomic mass is 16.2. The molecule has 90 valence electrons. The monoisotopic (exact) mass is 225 g/mol. The molecule has 5 nitrogen and oxygen atoms in total. The van der Waals surface area contributed by atoms with E-state index in [2.05, 4.69) is 16.0 Å². The van der Waals surface area contributed by atoms with Crippen LogP contribution in [0.4, 0.5) is 0 Å². The Hall–Kier alpha value is -1.10. The fraction of sp³-hybridized carbons (Fsp3) is 0.818. The molecule has 1 aliphatic carbocycles. The molecule has 2 fully saturated rings. The average molecular weight is 225 g/mol. The van der Waals surface area contributed by atoms with Gasteiger partial charge >= 0.3 is 0 Å². The third-order valence-electron chi connectivity index (χ3n) is 2.97. The zero-order valence-corrected chi connectivity index (χ0v) is 9.42. The van der Waals surface area contributed by atoms with Gasteiger partial charge in [-0.2, -0.15) is 0 Å². The van der Waals surface area contributed by atoms with Crippen LogP contribution >= 0.6 is 0 Å². The molecule has 16 heavy (non-hydrogen) atoms. The number of nitrogens with one attached hydrogen (secondary N) is 3. The maximum absolute atomic E-state index is 11.4. The van der Waals surface area contributed by atoms with Gasteiger partial charge < -0.3 is 16.0 Å².